The predicted octanol–water partition coefficient (Wildman–Crippen LogP) is 0.742. The number of anilines is 1. The molecule has 2 aromatic carbocycles. The van der Waals surface area contributed by atoms with Crippen LogP contribution in [0.1, 0.15) is 5.56 Å². The number of rotatable bonds is 5. The van der Waals surface area contributed by atoms with Crippen molar-refractivity contribution in [2.45, 2.75) is 4.90 Å². The molecule has 0 saturated heterocycles. The van der Waals surface area contributed by atoms with Gasteiger partial charge in [-0.1, -0.05) is 11.3 Å². The van der Waals surface area contributed by atoms with Gasteiger partial charge in [-0.2, -0.15) is 5.10 Å². The topological polar surface area (TPSA) is 187 Å². The molecule has 154 valence electrons. The van der Waals surface area contributed by atoms with E-state index in [1.807, 2.05) is 5.43 Å². The van der Waals surface area contributed by atoms with Gasteiger partial charge >= 0.3 is 11.8 Å². The van der Waals surface area contributed by atoms with E-state index in [9.17, 15) is 28.1 Å². The predicted molar refractivity (Wildman–Crippen MR) is 108 cm³/mol. The van der Waals surface area contributed by atoms with E-state index in [-0.39, 0.29) is 15.7 Å². The van der Waals surface area contributed by atoms with Crippen molar-refractivity contribution in [2.24, 2.45) is 5.10 Å². The Bertz CT molecular complexity index is 1280. The van der Waals surface area contributed by atoms with Crippen LogP contribution in [0.25, 0.3) is 10.2 Å². The average Bonchev–Trinajstić information content (AvgIpc) is 3.07. The minimum absolute atomic E-state index is 0.125. The maximum Gasteiger partial charge on any atom is 0.330 e. The van der Waals surface area contributed by atoms with Crippen LogP contribution in [0.5, 0.6) is 0 Å². The number of benzene rings is 2. The smallest absolute Gasteiger partial charge is 0.330 e. The highest BCUT2D eigenvalue weighted by Gasteiger charge is 2.23. The lowest BCUT2D eigenvalue weighted by Gasteiger charge is -2.06. The second-order valence-corrected chi connectivity index (χ2v) is 8.41. The highest BCUT2D eigenvalue weighted by atomic mass is 32.2. The van der Waals surface area contributed by atoms with Gasteiger partial charge in [-0.05, 0) is 35.9 Å². The molecule has 0 unspecified atom stereocenters. The molecule has 0 saturated carbocycles. The molecule has 1 aromatic heterocycles. The molecular weight excluding hydrogens is 436 g/mol. The molecule has 12 nitrogen and oxygen atoms in total. The van der Waals surface area contributed by atoms with E-state index in [4.69, 9.17) is 5.73 Å². The Labute approximate surface area is 172 Å². The highest BCUT2D eigenvalue weighted by Crippen LogP contribution is 2.26. The third-order valence-corrected chi connectivity index (χ3v) is 5.78. The first-order valence-electron chi connectivity index (χ1n) is 7.96. The van der Waals surface area contributed by atoms with Crippen molar-refractivity contribution >= 4 is 60.4 Å². The molecule has 0 fully saturated rings. The molecule has 2 amide bonds. The molecule has 1 heterocycles. The number of sulfonamides is 1. The van der Waals surface area contributed by atoms with E-state index in [1.165, 1.54) is 42.5 Å². The van der Waals surface area contributed by atoms with Crippen molar-refractivity contribution in [3.8, 4) is 0 Å². The summed E-state index contributed by atoms with van der Waals surface area (Å²) in [6.45, 7) is 0. The van der Waals surface area contributed by atoms with Gasteiger partial charge in [0.25, 0.3) is 15.7 Å². The lowest BCUT2D eigenvalue weighted by molar-refractivity contribution is -0.384. The summed E-state index contributed by atoms with van der Waals surface area (Å²) in [5.41, 5.74) is 8.23. The molecule has 0 aliphatic rings. The lowest BCUT2D eigenvalue weighted by Crippen LogP contribution is -2.41. The first kappa shape index (κ1) is 20.8. The van der Waals surface area contributed by atoms with Crippen LogP contribution in [0.3, 0.4) is 0 Å². The van der Waals surface area contributed by atoms with E-state index >= 15 is 0 Å². The van der Waals surface area contributed by atoms with Crippen LogP contribution in [0, 0.1) is 10.1 Å². The number of amides is 2. The number of nitrogens with one attached hydrogen (secondary N) is 2. The number of aromatic nitrogens is 1. The standard InChI is InChI=1S/C16H12N6O6S2/c17-16-19-12-6-5-11(7-13(12)29-16)30(27,28)21-15(24)14(23)20-18-8-9-1-3-10(4-2-9)22(25)26/h1-8H,(H2,17,19)(H,20,23)(H,21,24)/b18-8+. The third-order valence-electron chi connectivity index (χ3n) is 3.60. The van der Waals surface area contributed by atoms with Crippen LogP contribution in [-0.4, -0.2) is 36.4 Å². The summed E-state index contributed by atoms with van der Waals surface area (Å²) in [5.74, 6) is -2.76. The first-order valence-corrected chi connectivity index (χ1v) is 10.3. The second-order valence-electron chi connectivity index (χ2n) is 5.66. The molecule has 0 aliphatic heterocycles. The van der Waals surface area contributed by atoms with Crippen LogP contribution in [0.2, 0.25) is 0 Å². The molecular formula is C16H12N6O6S2. The summed E-state index contributed by atoms with van der Waals surface area (Å²) in [5, 5.41) is 14.4. The van der Waals surface area contributed by atoms with Crippen LogP contribution in [-0.2, 0) is 19.6 Å². The zero-order chi connectivity index (χ0) is 21.9. The minimum Gasteiger partial charge on any atom is -0.375 e. The van der Waals surface area contributed by atoms with Gasteiger partial charge in [-0.3, -0.25) is 19.7 Å². The Kier molecular flexibility index (Phi) is 5.70. The van der Waals surface area contributed by atoms with Gasteiger partial charge in [-0.25, -0.2) is 23.5 Å². The number of carbonyl (C=O) groups excluding carboxylic acids is 2. The fraction of sp³-hybridized carbons (Fsp3) is 0. The third kappa shape index (κ3) is 4.73. The van der Waals surface area contributed by atoms with E-state index < -0.39 is 26.8 Å². The summed E-state index contributed by atoms with van der Waals surface area (Å²) < 4.78 is 26.8. The maximum atomic E-state index is 12.3. The number of nitrogens with zero attached hydrogens (tertiary/aromatic N) is 3. The molecule has 3 aromatic rings. The number of nitrogens with two attached hydrogens (primary N) is 1. The molecule has 3 rings (SSSR count). The molecule has 0 spiro atoms. The van der Waals surface area contributed by atoms with Crippen molar-refractivity contribution in [1.82, 2.24) is 15.1 Å². The molecule has 0 bridgehead atoms. The van der Waals surface area contributed by atoms with Gasteiger partial charge in [0.1, 0.15) is 0 Å². The summed E-state index contributed by atoms with van der Waals surface area (Å²) in [6.07, 6.45) is 1.13. The fourth-order valence-corrected chi connectivity index (χ4v) is 4.04. The Hall–Kier alpha value is -3.91. The van der Waals surface area contributed by atoms with Crippen molar-refractivity contribution in [3.05, 3.63) is 58.1 Å². The highest BCUT2D eigenvalue weighted by molar-refractivity contribution is 7.90. The SMILES string of the molecule is Nc1nc2ccc(S(=O)(=O)NC(=O)C(=O)N/N=C/c3ccc([N+](=O)[O-])cc3)cc2s1. The molecule has 0 aliphatic carbocycles. The maximum absolute atomic E-state index is 12.3. The van der Waals surface area contributed by atoms with E-state index in [1.54, 1.807) is 4.72 Å². The number of nitrogen functional groups attached to an aromatic ring is 1. The molecule has 0 atom stereocenters. The van der Waals surface area contributed by atoms with Crippen LogP contribution in [0.4, 0.5) is 10.8 Å². The van der Waals surface area contributed by atoms with Crippen molar-refractivity contribution < 1.29 is 22.9 Å². The largest absolute Gasteiger partial charge is 0.375 e. The summed E-state index contributed by atoms with van der Waals surface area (Å²) in [7, 11) is -4.31. The van der Waals surface area contributed by atoms with E-state index in [2.05, 4.69) is 10.1 Å². The monoisotopic (exact) mass is 448 g/mol. The number of hydrogen-bond donors (Lipinski definition) is 3. The molecule has 0 radical (unpaired) electrons. The fourth-order valence-electron chi connectivity index (χ4n) is 2.22. The van der Waals surface area contributed by atoms with Gasteiger partial charge in [0.15, 0.2) is 5.13 Å². The van der Waals surface area contributed by atoms with Crippen molar-refractivity contribution in [2.75, 3.05) is 5.73 Å². The molecule has 30 heavy (non-hydrogen) atoms. The number of thiazole rings is 1. The minimum atomic E-state index is -4.31. The summed E-state index contributed by atoms with van der Waals surface area (Å²) in [6, 6.07) is 9.15. The summed E-state index contributed by atoms with van der Waals surface area (Å²) >= 11 is 1.07. The van der Waals surface area contributed by atoms with E-state index in [0.717, 1.165) is 17.6 Å². The lowest BCUT2D eigenvalue weighted by atomic mass is 10.2. The number of fused-ring (bicyclic) bond motifs is 1. The van der Waals surface area contributed by atoms with Gasteiger partial charge in [0, 0.05) is 12.1 Å². The number of nitro benzene ring substituents is 1. The molecule has 4 N–H and O–H groups in total. The number of nitro groups is 1. The summed E-state index contributed by atoms with van der Waals surface area (Å²) in [4.78, 5) is 37.4. The Morgan fingerprint density at radius 3 is 2.53 bits per heavy atom. The number of hydrogen-bond acceptors (Lipinski definition) is 10. The number of hydrazone groups is 1. The van der Waals surface area contributed by atoms with Crippen LogP contribution < -0.4 is 15.9 Å². The second kappa shape index (κ2) is 8.22. The van der Waals surface area contributed by atoms with Crippen LogP contribution in [0.15, 0.2) is 52.5 Å². The Morgan fingerprint density at radius 1 is 1.17 bits per heavy atom. The zero-order valence-electron chi connectivity index (χ0n) is 14.8. The number of non-ortho nitro benzene ring substituents is 1. The van der Waals surface area contributed by atoms with Crippen molar-refractivity contribution in [3.63, 3.8) is 0 Å². The van der Waals surface area contributed by atoms with Gasteiger partial charge in [0.05, 0.1) is 26.3 Å². The first-order chi connectivity index (χ1) is 14.2. The van der Waals surface area contributed by atoms with Gasteiger partial charge in [0.2, 0.25) is 0 Å². The number of carbonyl (C=O) groups is 2. The van der Waals surface area contributed by atoms with Gasteiger partial charge in [-0.15, -0.1) is 0 Å². The normalized spacial score (nSPS) is 11.5. The quantitative estimate of drug-likeness (QED) is 0.220. The van der Waals surface area contributed by atoms with Gasteiger partial charge < -0.3 is 5.73 Å². The molecule has 14 heteroatoms. The van der Waals surface area contributed by atoms with Crippen molar-refractivity contribution in [1.29, 1.82) is 0 Å². The van der Waals surface area contributed by atoms with Crippen LogP contribution >= 0.6 is 11.3 Å². The zero-order valence-corrected chi connectivity index (χ0v) is 16.4. The Balaban J connectivity index is 1.63. The Morgan fingerprint density at radius 2 is 1.87 bits per heavy atom. The van der Waals surface area contributed by atoms with E-state index in [0.29, 0.717) is 15.8 Å². The average molecular weight is 448 g/mol.